The van der Waals surface area contributed by atoms with E-state index in [9.17, 15) is 13.6 Å². The first-order chi connectivity index (χ1) is 10.0. The first kappa shape index (κ1) is 17.2. The van der Waals surface area contributed by atoms with Gasteiger partial charge < -0.3 is 20.5 Å². The third kappa shape index (κ3) is 6.89. The van der Waals surface area contributed by atoms with Crippen molar-refractivity contribution in [1.82, 2.24) is 10.6 Å². The number of amides is 2. The summed E-state index contributed by atoms with van der Waals surface area (Å²) in [5.41, 5.74) is 0. The van der Waals surface area contributed by atoms with Crippen LogP contribution in [0, 0.1) is 17.6 Å². The summed E-state index contributed by atoms with van der Waals surface area (Å²) >= 11 is 0. The molecule has 21 heavy (non-hydrogen) atoms. The topological polar surface area (TPSA) is 70.6 Å². The number of ether oxygens (including phenoxy) is 1. The van der Waals surface area contributed by atoms with Crippen LogP contribution in [0.25, 0.3) is 0 Å². The van der Waals surface area contributed by atoms with Crippen molar-refractivity contribution in [3.05, 3.63) is 29.8 Å². The van der Waals surface area contributed by atoms with Crippen LogP contribution < -0.4 is 15.4 Å². The van der Waals surface area contributed by atoms with E-state index in [1.807, 2.05) is 6.92 Å². The summed E-state index contributed by atoms with van der Waals surface area (Å²) < 4.78 is 31.0. The molecule has 0 radical (unpaired) electrons. The number of nitrogens with one attached hydrogen (secondary N) is 2. The fourth-order valence-corrected chi connectivity index (χ4v) is 1.57. The Bertz CT molecular complexity index is 458. The maximum Gasteiger partial charge on any atom is 0.314 e. The van der Waals surface area contributed by atoms with Crippen LogP contribution in [0.5, 0.6) is 5.75 Å². The van der Waals surface area contributed by atoms with Gasteiger partial charge in [0.1, 0.15) is 12.4 Å². The number of urea groups is 1. The molecule has 1 rings (SSSR count). The Morgan fingerprint density at radius 2 is 2.14 bits per heavy atom. The number of halogens is 2. The minimum Gasteiger partial charge on any atom is -0.489 e. The van der Waals surface area contributed by atoms with Crippen molar-refractivity contribution in [2.75, 3.05) is 26.3 Å². The molecule has 0 bridgehead atoms. The fourth-order valence-electron chi connectivity index (χ4n) is 1.57. The van der Waals surface area contributed by atoms with Gasteiger partial charge in [-0.2, -0.15) is 0 Å². The Kier molecular flexibility index (Phi) is 7.45. The molecular formula is C14H20F2N2O3. The zero-order valence-electron chi connectivity index (χ0n) is 11.9. The van der Waals surface area contributed by atoms with Gasteiger partial charge in [-0.15, -0.1) is 0 Å². The largest absolute Gasteiger partial charge is 0.489 e. The van der Waals surface area contributed by atoms with Gasteiger partial charge in [-0.3, -0.25) is 0 Å². The average Bonchev–Trinajstić information content (AvgIpc) is 2.43. The van der Waals surface area contributed by atoms with Crippen LogP contribution in [0.3, 0.4) is 0 Å². The van der Waals surface area contributed by atoms with E-state index >= 15 is 0 Å². The molecule has 0 aliphatic rings. The molecule has 0 aromatic heterocycles. The predicted octanol–water partition coefficient (Wildman–Crippen LogP) is 1.66. The van der Waals surface area contributed by atoms with Gasteiger partial charge in [0.05, 0.1) is 6.54 Å². The molecule has 0 saturated heterocycles. The zero-order valence-corrected chi connectivity index (χ0v) is 11.9. The third-order valence-corrected chi connectivity index (χ3v) is 2.77. The van der Waals surface area contributed by atoms with Crippen LogP contribution in [-0.2, 0) is 0 Å². The number of aliphatic hydroxyl groups excluding tert-OH is 1. The summed E-state index contributed by atoms with van der Waals surface area (Å²) in [6.07, 6.45) is 0.618. The highest BCUT2D eigenvalue weighted by atomic mass is 19.1. The van der Waals surface area contributed by atoms with Crippen molar-refractivity contribution < 1.29 is 23.4 Å². The van der Waals surface area contributed by atoms with Crippen LogP contribution in [0.1, 0.15) is 13.3 Å². The summed E-state index contributed by atoms with van der Waals surface area (Å²) in [5.74, 6) is -1.33. The lowest BCUT2D eigenvalue weighted by atomic mass is 10.1. The molecule has 0 spiro atoms. The summed E-state index contributed by atoms with van der Waals surface area (Å²) in [6, 6.07) is 2.67. The molecule has 1 unspecified atom stereocenters. The molecule has 0 saturated carbocycles. The first-order valence-corrected chi connectivity index (χ1v) is 6.73. The molecule has 1 aromatic carbocycles. The smallest absolute Gasteiger partial charge is 0.314 e. The second-order valence-corrected chi connectivity index (χ2v) is 4.68. The molecule has 3 N–H and O–H groups in total. The van der Waals surface area contributed by atoms with Crippen LogP contribution in [-0.4, -0.2) is 37.4 Å². The van der Waals surface area contributed by atoms with E-state index in [0.717, 1.165) is 12.1 Å². The number of carbonyl (C=O) groups excluding carboxylic acids is 1. The second kappa shape index (κ2) is 9.12. The van der Waals surface area contributed by atoms with E-state index < -0.39 is 11.6 Å². The minimum atomic E-state index is -0.780. The van der Waals surface area contributed by atoms with Gasteiger partial charge >= 0.3 is 6.03 Å². The van der Waals surface area contributed by atoms with Crippen molar-refractivity contribution in [3.63, 3.8) is 0 Å². The van der Waals surface area contributed by atoms with Gasteiger partial charge in [-0.25, -0.2) is 13.6 Å². The zero-order chi connectivity index (χ0) is 15.7. The monoisotopic (exact) mass is 302 g/mol. The lowest BCUT2D eigenvalue weighted by Crippen LogP contribution is -2.39. The number of benzene rings is 1. The Hall–Kier alpha value is -1.89. The van der Waals surface area contributed by atoms with E-state index in [2.05, 4.69) is 10.6 Å². The second-order valence-electron chi connectivity index (χ2n) is 4.68. The van der Waals surface area contributed by atoms with Gasteiger partial charge in [-0.1, -0.05) is 6.92 Å². The van der Waals surface area contributed by atoms with Crippen molar-refractivity contribution in [3.8, 4) is 5.75 Å². The average molecular weight is 302 g/mol. The number of hydrogen-bond donors (Lipinski definition) is 3. The highest BCUT2D eigenvalue weighted by Crippen LogP contribution is 2.17. The highest BCUT2D eigenvalue weighted by molar-refractivity contribution is 5.73. The fraction of sp³-hybridized carbons (Fsp3) is 0.500. The lowest BCUT2D eigenvalue weighted by Gasteiger charge is -2.12. The number of aliphatic hydroxyl groups is 1. The number of carbonyl (C=O) groups is 1. The molecular weight excluding hydrogens is 282 g/mol. The molecule has 5 nitrogen and oxygen atoms in total. The summed E-state index contributed by atoms with van der Waals surface area (Å²) in [6.45, 7) is 2.72. The highest BCUT2D eigenvalue weighted by Gasteiger charge is 2.06. The maximum absolute atomic E-state index is 13.2. The first-order valence-electron chi connectivity index (χ1n) is 6.73. The van der Waals surface area contributed by atoms with Crippen molar-refractivity contribution in [2.45, 2.75) is 13.3 Å². The predicted molar refractivity (Wildman–Crippen MR) is 74.1 cm³/mol. The standard InChI is InChI=1S/C14H20F2N2O3/c1-10(4-6-19)9-18-14(20)17-5-7-21-13-3-2-11(15)8-12(13)16/h2-3,8,10,19H,4-7,9H2,1H3,(H2,17,18,20). The van der Waals surface area contributed by atoms with Crippen molar-refractivity contribution >= 4 is 6.03 Å². The molecule has 0 heterocycles. The number of rotatable bonds is 8. The molecule has 1 atom stereocenters. The molecule has 2 amide bonds. The minimum absolute atomic E-state index is 0.0600. The lowest BCUT2D eigenvalue weighted by molar-refractivity contribution is 0.230. The van der Waals surface area contributed by atoms with Crippen molar-refractivity contribution in [1.29, 1.82) is 0 Å². The van der Waals surface area contributed by atoms with Gasteiger partial charge in [0, 0.05) is 19.2 Å². The number of hydrogen-bond acceptors (Lipinski definition) is 3. The van der Waals surface area contributed by atoms with Gasteiger partial charge in [0.25, 0.3) is 0 Å². The molecule has 0 aliphatic heterocycles. The molecule has 0 aliphatic carbocycles. The third-order valence-electron chi connectivity index (χ3n) is 2.77. The Morgan fingerprint density at radius 1 is 1.38 bits per heavy atom. The van der Waals surface area contributed by atoms with Gasteiger partial charge in [0.2, 0.25) is 0 Å². The normalized spacial score (nSPS) is 11.8. The molecule has 7 heteroatoms. The SMILES string of the molecule is CC(CCO)CNC(=O)NCCOc1ccc(F)cc1F. The Morgan fingerprint density at radius 3 is 2.81 bits per heavy atom. The van der Waals surface area contributed by atoms with Crippen LogP contribution in [0.4, 0.5) is 13.6 Å². The van der Waals surface area contributed by atoms with E-state index in [0.29, 0.717) is 13.0 Å². The van der Waals surface area contributed by atoms with Crippen LogP contribution in [0.2, 0.25) is 0 Å². The van der Waals surface area contributed by atoms with E-state index in [-0.39, 0.29) is 37.5 Å². The Balaban J connectivity index is 2.17. The maximum atomic E-state index is 13.2. The molecule has 0 fully saturated rings. The van der Waals surface area contributed by atoms with Crippen molar-refractivity contribution in [2.24, 2.45) is 5.92 Å². The quantitative estimate of drug-likeness (QED) is 0.640. The van der Waals surface area contributed by atoms with E-state index in [4.69, 9.17) is 9.84 Å². The summed E-state index contributed by atoms with van der Waals surface area (Å²) in [4.78, 5) is 11.4. The van der Waals surface area contributed by atoms with Gasteiger partial charge in [0.15, 0.2) is 11.6 Å². The Labute approximate surface area is 122 Å². The molecule has 1 aromatic rings. The van der Waals surface area contributed by atoms with Crippen LogP contribution in [0.15, 0.2) is 18.2 Å². The van der Waals surface area contributed by atoms with Gasteiger partial charge in [-0.05, 0) is 24.5 Å². The van der Waals surface area contributed by atoms with E-state index in [1.54, 1.807) is 0 Å². The van der Waals surface area contributed by atoms with E-state index in [1.165, 1.54) is 6.07 Å². The molecule has 118 valence electrons. The van der Waals surface area contributed by atoms with Crippen LogP contribution >= 0.6 is 0 Å². The summed E-state index contributed by atoms with van der Waals surface area (Å²) in [5, 5.41) is 13.9. The summed E-state index contributed by atoms with van der Waals surface area (Å²) in [7, 11) is 0.